The Balaban J connectivity index is 2.98. The number of halogens is 1. The second-order valence-electron chi connectivity index (χ2n) is 2.83. The third-order valence-electron chi connectivity index (χ3n) is 1.99. The van der Waals surface area contributed by atoms with E-state index in [0.29, 0.717) is 10.6 Å². The van der Waals surface area contributed by atoms with Crippen LogP contribution in [0.1, 0.15) is 11.1 Å². The molecule has 0 spiro atoms. The molecule has 0 bridgehead atoms. The number of hydrogen-bond acceptors (Lipinski definition) is 2. The van der Waals surface area contributed by atoms with Gasteiger partial charge in [0.15, 0.2) is 0 Å². The topological polar surface area (TPSA) is 23.8 Å². The van der Waals surface area contributed by atoms with E-state index in [1.165, 1.54) is 5.56 Å². The van der Waals surface area contributed by atoms with Crippen LogP contribution >= 0.6 is 22.9 Å². The zero-order valence-electron chi connectivity index (χ0n) is 6.97. The van der Waals surface area contributed by atoms with Crippen molar-refractivity contribution in [3.8, 4) is 6.07 Å². The lowest BCUT2D eigenvalue weighted by Crippen LogP contribution is -1.75. The predicted molar refractivity (Wildman–Crippen MR) is 56.3 cm³/mol. The van der Waals surface area contributed by atoms with Gasteiger partial charge in [-0.3, -0.25) is 0 Å². The maximum atomic E-state index is 8.84. The number of fused-ring (bicyclic) bond motifs is 1. The Kier molecular flexibility index (Phi) is 1.99. The maximum absolute atomic E-state index is 8.84. The Morgan fingerprint density at radius 2 is 2.23 bits per heavy atom. The molecular formula is C10H6ClNS. The fourth-order valence-corrected chi connectivity index (χ4v) is 2.64. The Morgan fingerprint density at radius 1 is 1.46 bits per heavy atom. The van der Waals surface area contributed by atoms with Gasteiger partial charge in [0, 0.05) is 15.5 Å². The van der Waals surface area contributed by atoms with Gasteiger partial charge in [-0.1, -0.05) is 17.7 Å². The zero-order chi connectivity index (χ0) is 9.42. The van der Waals surface area contributed by atoms with Gasteiger partial charge in [-0.05, 0) is 18.6 Å². The number of nitrogens with zero attached hydrogens (tertiary/aromatic N) is 1. The summed E-state index contributed by atoms with van der Waals surface area (Å²) in [6.45, 7) is 2.02. The van der Waals surface area contributed by atoms with Gasteiger partial charge in [0.05, 0.1) is 10.6 Å². The molecule has 64 valence electrons. The molecule has 2 rings (SSSR count). The average Bonchev–Trinajstić information content (AvgIpc) is 2.56. The van der Waals surface area contributed by atoms with Gasteiger partial charge < -0.3 is 0 Å². The molecule has 0 aliphatic heterocycles. The summed E-state index contributed by atoms with van der Waals surface area (Å²) in [6, 6.07) is 5.96. The molecule has 0 atom stereocenters. The standard InChI is InChI=1S/C10H6ClNS/c1-6-2-3-8(11)9-7(4-12)5-13-10(6)9/h2-3,5H,1H3. The molecule has 3 heteroatoms. The Bertz CT molecular complexity index is 507. The maximum Gasteiger partial charge on any atom is 0.101 e. The Hall–Kier alpha value is -1.04. The van der Waals surface area contributed by atoms with Crippen LogP contribution in [0.5, 0.6) is 0 Å². The average molecular weight is 208 g/mol. The minimum Gasteiger partial charge on any atom is -0.192 e. The van der Waals surface area contributed by atoms with Gasteiger partial charge in [0.2, 0.25) is 0 Å². The third-order valence-corrected chi connectivity index (χ3v) is 3.42. The van der Waals surface area contributed by atoms with E-state index in [0.717, 1.165) is 10.1 Å². The van der Waals surface area contributed by atoms with Gasteiger partial charge >= 0.3 is 0 Å². The van der Waals surface area contributed by atoms with Crippen LogP contribution in [0.2, 0.25) is 5.02 Å². The molecule has 2 aromatic rings. The van der Waals surface area contributed by atoms with E-state index < -0.39 is 0 Å². The molecule has 0 aliphatic carbocycles. The highest BCUT2D eigenvalue weighted by atomic mass is 35.5. The second kappa shape index (κ2) is 3.02. The van der Waals surface area contributed by atoms with Gasteiger partial charge in [0.25, 0.3) is 0 Å². The number of benzene rings is 1. The molecular weight excluding hydrogens is 202 g/mol. The molecule has 1 heterocycles. The summed E-state index contributed by atoms with van der Waals surface area (Å²) >= 11 is 7.58. The van der Waals surface area contributed by atoms with Crippen molar-refractivity contribution in [3.05, 3.63) is 33.7 Å². The number of thiophene rings is 1. The van der Waals surface area contributed by atoms with E-state index >= 15 is 0 Å². The molecule has 0 amide bonds. The van der Waals surface area contributed by atoms with Gasteiger partial charge in [0.1, 0.15) is 6.07 Å². The van der Waals surface area contributed by atoms with E-state index in [9.17, 15) is 0 Å². The summed E-state index contributed by atoms with van der Waals surface area (Å²) in [7, 11) is 0. The van der Waals surface area contributed by atoms with Crippen molar-refractivity contribution in [2.45, 2.75) is 6.92 Å². The van der Waals surface area contributed by atoms with Crippen molar-refractivity contribution in [1.82, 2.24) is 0 Å². The highest BCUT2D eigenvalue weighted by Crippen LogP contribution is 2.33. The van der Waals surface area contributed by atoms with Gasteiger partial charge in [-0.2, -0.15) is 5.26 Å². The van der Waals surface area contributed by atoms with E-state index in [1.807, 2.05) is 24.4 Å². The van der Waals surface area contributed by atoms with E-state index in [4.69, 9.17) is 16.9 Å². The third kappa shape index (κ3) is 1.21. The minimum atomic E-state index is 0.665. The van der Waals surface area contributed by atoms with Crippen molar-refractivity contribution < 1.29 is 0 Å². The van der Waals surface area contributed by atoms with Crippen LogP contribution in [0.3, 0.4) is 0 Å². The molecule has 0 unspecified atom stereocenters. The highest BCUT2D eigenvalue weighted by molar-refractivity contribution is 7.17. The Morgan fingerprint density at radius 3 is 2.92 bits per heavy atom. The highest BCUT2D eigenvalue weighted by Gasteiger charge is 2.08. The summed E-state index contributed by atoms with van der Waals surface area (Å²) in [5.74, 6) is 0. The second-order valence-corrected chi connectivity index (χ2v) is 4.12. The molecule has 0 N–H and O–H groups in total. The first-order valence-corrected chi connectivity index (χ1v) is 5.06. The first kappa shape index (κ1) is 8.55. The van der Waals surface area contributed by atoms with Crippen molar-refractivity contribution >= 4 is 33.0 Å². The van der Waals surface area contributed by atoms with Crippen LogP contribution in [0, 0.1) is 18.3 Å². The van der Waals surface area contributed by atoms with Crippen LogP contribution in [0.15, 0.2) is 17.5 Å². The van der Waals surface area contributed by atoms with E-state index in [2.05, 4.69) is 6.07 Å². The SMILES string of the molecule is Cc1ccc(Cl)c2c(C#N)csc12. The monoisotopic (exact) mass is 207 g/mol. The van der Waals surface area contributed by atoms with Crippen molar-refractivity contribution in [2.24, 2.45) is 0 Å². The van der Waals surface area contributed by atoms with Crippen LogP contribution in [0.25, 0.3) is 10.1 Å². The summed E-state index contributed by atoms with van der Waals surface area (Å²) < 4.78 is 1.11. The van der Waals surface area contributed by atoms with Crippen LogP contribution in [-0.4, -0.2) is 0 Å². The van der Waals surface area contributed by atoms with Crippen molar-refractivity contribution in [1.29, 1.82) is 5.26 Å². The van der Waals surface area contributed by atoms with E-state index in [1.54, 1.807) is 11.3 Å². The lowest BCUT2D eigenvalue weighted by molar-refractivity contribution is 1.51. The number of nitriles is 1. The minimum absolute atomic E-state index is 0.665. The number of hydrogen-bond donors (Lipinski definition) is 0. The molecule has 0 radical (unpaired) electrons. The fraction of sp³-hybridized carbons (Fsp3) is 0.100. The van der Waals surface area contributed by atoms with Crippen molar-refractivity contribution in [2.75, 3.05) is 0 Å². The zero-order valence-corrected chi connectivity index (χ0v) is 8.54. The van der Waals surface area contributed by atoms with Gasteiger partial charge in [-0.15, -0.1) is 11.3 Å². The first-order valence-electron chi connectivity index (χ1n) is 3.80. The molecule has 0 aliphatic rings. The van der Waals surface area contributed by atoms with Crippen LogP contribution in [0.4, 0.5) is 0 Å². The van der Waals surface area contributed by atoms with Crippen molar-refractivity contribution in [3.63, 3.8) is 0 Å². The summed E-state index contributed by atoms with van der Waals surface area (Å²) in [5, 5.41) is 12.3. The normalized spacial score (nSPS) is 10.2. The molecule has 13 heavy (non-hydrogen) atoms. The summed E-state index contributed by atoms with van der Waals surface area (Å²) in [6.07, 6.45) is 0. The summed E-state index contributed by atoms with van der Waals surface area (Å²) in [4.78, 5) is 0. The lowest BCUT2D eigenvalue weighted by atomic mass is 10.1. The molecule has 1 aromatic carbocycles. The predicted octanol–water partition coefficient (Wildman–Crippen LogP) is 3.73. The van der Waals surface area contributed by atoms with Crippen LogP contribution < -0.4 is 0 Å². The largest absolute Gasteiger partial charge is 0.192 e. The molecule has 1 nitrogen and oxygen atoms in total. The van der Waals surface area contributed by atoms with Gasteiger partial charge in [-0.25, -0.2) is 0 Å². The molecule has 0 saturated heterocycles. The first-order chi connectivity index (χ1) is 6.24. The van der Waals surface area contributed by atoms with Crippen LogP contribution in [-0.2, 0) is 0 Å². The summed E-state index contributed by atoms with van der Waals surface area (Å²) in [5.41, 5.74) is 1.85. The smallest absolute Gasteiger partial charge is 0.101 e. The number of aryl methyl sites for hydroxylation is 1. The quantitative estimate of drug-likeness (QED) is 0.646. The Labute approximate surface area is 85.2 Å². The molecule has 0 fully saturated rings. The number of rotatable bonds is 0. The molecule has 1 aromatic heterocycles. The van der Waals surface area contributed by atoms with E-state index in [-0.39, 0.29) is 0 Å². The molecule has 0 saturated carbocycles. The lowest BCUT2D eigenvalue weighted by Gasteiger charge is -1.97. The fourth-order valence-electron chi connectivity index (χ4n) is 1.32.